The van der Waals surface area contributed by atoms with Crippen LogP contribution in [0.4, 0.5) is 4.79 Å². The first kappa shape index (κ1) is 24.2. The number of nitrogens with zero attached hydrogens (tertiary/aromatic N) is 3. The van der Waals surface area contributed by atoms with E-state index in [1.807, 2.05) is 17.0 Å². The zero-order valence-electron chi connectivity index (χ0n) is 20.3. The van der Waals surface area contributed by atoms with Crippen LogP contribution in [-0.4, -0.2) is 72.9 Å². The summed E-state index contributed by atoms with van der Waals surface area (Å²) in [4.78, 5) is 17.1. The molecule has 1 aromatic carbocycles. The van der Waals surface area contributed by atoms with Gasteiger partial charge in [-0.25, -0.2) is 4.79 Å². The predicted molar refractivity (Wildman–Crippen MR) is 142 cm³/mol. The summed E-state index contributed by atoms with van der Waals surface area (Å²) >= 11 is 6.15. The third-order valence-electron chi connectivity index (χ3n) is 7.32. The summed E-state index contributed by atoms with van der Waals surface area (Å²) in [6.45, 7) is 6.62. The van der Waals surface area contributed by atoms with Gasteiger partial charge in [0.1, 0.15) is 0 Å². The van der Waals surface area contributed by atoms with Crippen LogP contribution in [0.2, 0.25) is 5.02 Å². The summed E-state index contributed by atoms with van der Waals surface area (Å²) in [5, 5.41) is 6.44. The summed E-state index contributed by atoms with van der Waals surface area (Å²) < 4.78 is 7.70. The average molecular weight is 495 g/mol. The van der Waals surface area contributed by atoms with E-state index in [9.17, 15) is 4.79 Å². The van der Waals surface area contributed by atoms with Gasteiger partial charge in [-0.15, -0.1) is 0 Å². The van der Waals surface area contributed by atoms with E-state index in [2.05, 4.69) is 57.4 Å². The molecule has 7 heteroatoms. The highest BCUT2D eigenvalue weighted by Gasteiger charge is 2.26. The van der Waals surface area contributed by atoms with Gasteiger partial charge in [0.05, 0.1) is 13.2 Å². The number of ether oxygens (including phenoxy) is 1. The number of carbonyl (C=O) groups excluding carboxylic acids is 1. The Morgan fingerprint density at radius 1 is 1.06 bits per heavy atom. The van der Waals surface area contributed by atoms with Crippen LogP contribution < -0.4 is 15.9 Å². The number of likely N-dealkylation sites (tertiary alicyclic amines) is 1. The van der Waals surface area contributed by atoms with Crippen molar-refractivity contribution in [2.75, 3.05) is 52.5 Å². The standard InChI is InChI=1S/C28H35ClN4O2/c29-23-7-9-24(10-8-23)33-21-26(25-5-3-1-2-4-6-27(25)33)22-11-14-32(15-12-22)28(34)30-13-16-31-17-19-35-20-18-31/h1,3,5-10,21-22H,2,4,11-20H2,(H,30,34)/b3-1-,25-5-,27-6+. The number of carbonyl (C=O) groups is 1. The molecule has 2 aliphatic heterocycles. The lowest BCUT2D eigenvalue weighted by Crippen LogP contribution is -2.47. The van der Waals surface area contributed by atoms with Crippen LogP contribution in [-0.2, 0) is 4.74 Å². The van der Waals surface area contributed by atoms with Crippen molar-refractivity contribution < 1.29 is 9.53 Å². The molecule has 0 bridgehead atoms. The van der Waals surface area contributed by atoms with Crippen LogP contribution in [0.25, 0.3) is 17.8 Å². The molecule has 3 heterocycles. The molecule has 0 atom stereocenters. The smallest absolute Gasteiger partial charge is 0.317 e. The third kappa shape index (κ3) is 5.83. The monoisotopic (exact) mass is 494 g/mol. The summed E-state index contributed by atoms with van der Waals surface area (Å²) in [5.74, 6) is 0.437. The minimum atomic E-state index is 0.0635. The lowest BCUT2D eigenvalue weighted by Gasteiger charge is -2.32. The van der Waals surface area contributed by atoms with E-state index in [0.717, 1.165) is 82.3 Å². The number of aromatic nitrogens is 1. The zero-order valence-corrected chi connectivity index (χ0v) is 21.1. The van der Waals surface area contributed by atoms with Gasteiger partial charge in [0.25, 0.3) is 0 Å². The molecule has 1 aliphatic carbocycles. The number of hydrogen-bond acceptors (Lipinski definition) is 3. The minimum absolute atomic E-state index is 0.0635. The van der Waals surface area contributed by atoms with E-state index in [0.29, 0.717) is 12.5 Å². The zero-order chi connectivity index (χ0) is 24.0. The Hall–Kier alpha value is -2.54. The van der Waals surface area contributed by atoms with E-state index in [1.165, 1.54) is 16.1 Å². The molecule has 6 nitrogen and oxygen atoms in total. The third-order valence-corrected chi connectivity index (χ3v) is 7.57. The second-order valence-electron chi connectivity index (χ2n) is 9.55. The molecular formula is C28H35ClN4O2. The Kier molecular flexibility index (Phi) is 7.92. The molecule has 5 rings (SSSR count). The first-order chi connectivity index (χ1) is 17.2. The molecule has 35 heavy (non-hydrogen) atoms. The number of rotatable bonds is 5. The van der Waals surface area contributed by atoms with Crippen LogP contribution in [0.3, 0.4) is 0 Å². The van der Waals surface area contributed by atoms with E-state index >= 15 is 0 Å². The first-order valence-electron chi connectivity index (χ1n) is 12.9. The van der Waals surface area contributed by atoms with Crippen molar-refractivity contribution in [3.63, 3.8) is 0 Å². The molecule has 2 fully saturated rings. The lowest BCUT2D eigenvalue weighted by atomic mass is 9.90. The molecule has 2 aromatic rings. The number of nitrogens with one attached hydrogen (secondary N) is 1. The molecule has 3 aliphatic rings. The first-order valence-corrected chi connectivity index (χ1v) is 13.2. The lowest BCUT2D eigenvalue weighted by molar-refractivity contribution is 0.0385. The van der Waals surface area contributed by atoms with E-state index in [-0.39, 0.29) is 6.03 Å². The van der Waals surface area contributed by atoms with E-state index in [1.54, 1.807) is 0 Å². The second-order valence-corrected chi connectivity index (χ2v) is 9.99. The summed E-state index contributed by atoms with van der Waals surface area (Å²) in [5.41, 5.74) is 2.51. The maximum atomic E-state index is 12.8. The molecule has 1 aromatic heterocycles. The molecule has 0 spiro atoms. The topological polar surface area (TPSA) is 49.7 Å². The molecule has 0 unspecified atom stereocenters. The van der Waals surface area contributed by atoms with E-state index in [4.69, 9.17) is 16.3 Å². The van der Waals surface area contributed by atoms with Gasteiger partial charge in [0.2, 0.25) is 0 Å². The quantitative estimate of drug-likeness (QED) is 0.694. The molecule has 0 saturated carbocycles. The summed E-state index contributed by atoms with van der Waals surface area (Å²) in [6.07, 6.45) is 15.4. The Balaban J connectivity index is 1.27. The number of morpholine rings is 1. The number of hydrogen-bond donors (Lipinski definition) is 1. The van der Waals surface area contributed by atoms with Crippen molar-refractivity contribution in [2.45, 2.75) is 31.6 Å². The van der Waals surface area contributed by atoms with Crippen molar-refractivity contribution in [3.05, 3.63) is 63.8 Å². The highest BCUT2D eigenvalue weighted by molar-refractivity contribution is 6.30. The van der Waals surface area contributed by atoms with Crippen molar-refractivity contribution in [1.29, 1.82) is 0 Å². The van der Waals surface area contributed by atoms with Gasteiger partial charge in [-0.1, -0.05) is 35.9 Å². The molecule has 2 saturated heterocycles. The Morgan fingerprint density at radius 3 is 2.60 bits per heavy atom. The Labute approximate surface area is 212 Å². The van der Waals surface area contributed by atoms with Gasteiger partial charge in [0, 0.05) is 66.7 Å². The fourth-order valence-corrected chi connectivity index (χ4v) is 5.44. The molecule has 0 radical (unpaired) electrons. The molecule has 1 N–H and O–H groups in total. The second kappa shape index (κ2) is 11.5. The largest absolute Gasteiger partial charge is 0.379 e. The number of fused-ring (bicyclic) bond motifs is 1. The normalized spacial score (nSPS) is 22.1. The van der Waals surface area contributed by atoms with Gasteiger partial charge in [-0.3, -0.25) is 4.90 Å². The van der Waals surface area contributed by atoms with Crippen LogP contribution >= 0.6 is 11.6 Å². The van der Waals surface area contributed by atoms with Crippen LogP contribution in [0.15, 0.2) is 42.6 Å². The number of piperidine rings is 1. The van der Waals surface area contributed by atoms with Crippen LogP contribution in [0.1, 0.15) is 37.2 Å². The minimum Gasteiger partial charge on any atom is -0.379 e. The summed E-state index contributed by atoms with van der Waals surface area (Å²) in [6, 6.07) is 8.13. The number of amides is 2. The predicted octanol–water partition coefficient (Wildman–Crippen LogP) is 3.26. The van der Waals surface area contributed by atoms with Gasteiger partial charge < -0.3 is 19.5 Å². The number of allylic oxidation sites excluding steroid dienone is 2. The maximum Gasteiger partial charge on any atom is 0.317 e. The van der Waals surface area contributed by atoms with Crippen molar-refractivity contribution >= 4 is 29.8 Å². The average Bonchev–Trinajstić information content (AvgIpc) is 3.22. The van der Waals surface area contributed by atoms with Crippen molar-refractivity contribution in [2.24, 2.45) is 0 Å². The Bertz CT molecular complexity index is 1160. The highest BCUT2D eigenvalue weighted by Crippen LogP contribution is 2.26. The number of urea groups is 1. The number of benzene rings is 1. The van der Waals surface area contributed by atoms with Crippen molar-refractivity contribution in [1.82, 2.24) is 19.7 Å². The Morgan fingerprint density at radius 2 is 1.83 bits per heavy atom. The number of halogens is 1. The molecule has 186 valence electrons. The highest BCUT2D eigenvalue weighted by atomic mass is 35.5. The van der Waals surface area contributed by atoms with Gasteiger partial charge in [0.15, 0.2) is 0 Å². The SMILES string of the molecule is O=C(NCCN1CCOCC1)N1CCC(c2cn(-c3ccc(Cl)cc3)c3/c2=C\C=C/CC\C=3)CC1. The van der Waals surface area contributed by atoms with E-state index < -0.39 is 0 Å². The fourth-order valence-electron chi connectivity index (χ4n) is 5.31. The fraction of sp³-hybridized carbons (Fsp3) is 0.464. The summed E-state index contributed by atoms with van der Waals surface area (Å²) in [7, 11) is 0. The maximum absolute atomic E-state index is 12.8. The van der Waals surface area contributed by atoms with Crippen LogP contribution in [0, 0.1) is 0 Å². The van der Waals surface area contributed by atoms with Gasteiger partial charge >= 0.3 is 6.03 Å². The van der Waals surface area contributed by atoms with Gasteiger partial charge in [-0.2, -0.15) is 0 Å². The molecular weight excluding hydrogens is 460 g/mol. The van der Waals surface area contributed by atoms with Crippen LogP contribution in [0.5, 0.6) is 0 Å². The molecule has 2 amide bonds. The van der Waals surface area contributed by atoms with Gasteiger partial charge in [-0.05, 0) is 61.4 Å². The van der Waals surface area contributed by atoms with Crippen molar-refractivity contribution in [3.8, 4) is 5.69 Å².